The predicted octanol–water partition coefficient (Wildman–Crippen LogP) is -0.549. The molecule has 1 rings (SSSR count). The molecule has 1 aromatic heterocycles. The van der Waals surface area contributed by atoms with E-state index in [9.17, 15) is 9.59 Å². The van der Waals surface area contributed by atoms with Crippen molar-refractivity contribution in [1.29, 1.82) is 0 Å². The van der Waals surface area contributed by atoms with Crippen molar-refractivity contribution < 1.29 is 14.7 Å². The molecule has 0 radical (unpaired) electrons. The van der Waals surface area contributed by atoms with Crippen LogP contribution in [0.2, 0.25) is 0 Å². The number of nitrogens with one attached hydrogen (secondary N) is 2. The molecule has 0 aliphatic rings. The van der Waals surface area contributed by atoms with Crippen molar-refractivity contribution in [3.8, 4) is 0 Å². The Balaban J connectivity index is 2.59. The number of hydrogen-bond donors (Lipinski definition) is 4. The number of hydrogen-bond acceptors (Lipinski definition) is 4. The highest BCUT2D eigenvalue weighted by Gasteiger charge is 2.20. The predicted molar refractivity (Wildman–Crippen MR) is 55.7 cm³/mol. The van der Waals surface area contributed by atoms with Gasteiger partial charge in [0.2, 0.25) is 5.91 Å². The summed E-state index contributed by atoms with van der Waals surface area (Å²) in [6.07, 6.45) is 3.15. The van der Waals surface area contributed by atoms with Crippen LogP contribution >= 0.6 is 12.6 Å². The Bertz CT molecular complexity index is 339. The van der Waals surface area contributed by atoms with Gasteiger partial charge in [0.1, 0.15) is 6.04 Å². The zero-order valence-corrected chi connectivity index (χ0v) is 8.70. The zero-order valence-electron chi connectivity index (χ0n) is 7.80. The largest absolute Gasteiger partial charge is 0.480 e. The lowest BCUT2D eigenvalue weighted by Crippen LogP contribution is -2.42. The summed E-state index contributed by atoms with van der Waals surface area (Å²) in [5.74, 6) is -1.53. The number of aromatic amines is 1. The number of carbonyl (C=O) groups excluding carboxylic acids is 1. The van der Waals surface area contributed by atoms with Gasteiger partial charge in [-0.25, -0.2) is 9.78 Å². The normalized spacial score (nSPS) is 12.1. The van der Waals surface area contributed by atoms with E-state index in [1.165, 1.54) is 12.5 Å². The average Bonchev–Trinajstić information content (AvgIpc) is 2.69. The van der Waals surface area contributed by atoms with Crippen LogP contribution in [0.25, 0.3) is 0 Å². The Morgan fingerprint density at radius 2 is 2.40 bits per heavy atom. The molecule has 3 N–H and O–H groups in total. The first-order valence-corrected chi connectivity index (χ1v) is 4.87. The fourth-order valence-corrected chi connectivity index (χ4v) is 1.15. The first kappa shape index (κ1) is 11.6. The molecular formula is C8H11N3O3S. The third-order valence-corrected chi connectivity index (χ3v) is 2.04. The highest BCUT2D eigenvalue weighted by Crippen LogP contribution is 1.98. The van der Waals surface area contributed by atoms with Gasteiger partial charge < -0.3 is 15.4 Å². The average molecular weight is 229 g/mol. The topological polar surface area (TPSA) is 95.1 Å². The monoisotopic (exact) mass is 229 g/mol. The Kier molecular flexibility index (Phi) is 4.17. The van der Waals surface area contributed by atoms with Crippen molar-refractivity contribution in [2.75, 3.05) is 5.75 Å². The molecular weight excluding hydrogens is 218 g/mol. The maximum Gasteiger partial charge on any atom is 0.326 e. The Morgan fingerprint density at radius 3 is 2.87 bits per heavy atom. The molecule has 0 fully saturated rings. The van der Waals surface area contributed by atoms with Crippen LogP contribution < -0.4 is 5.32 Å². The van der Waals surface area contributed by atoms with Crippen LogP contribution in [0.5, 0.6) is 0 Å². The van der Waals surface area contributed by atoms with E-state index >= 15 is 0 Å². The lowest BCUT2D eigenvalue weighted by Gasteiger charge is -2.12. The lowest BCUT2D eigenvalue weighted by atomic mass is 10.1. The highest BCUT2D eigenvalue weighted by molar-refractivity contribution is 7.81. The summed E-state index contributed by atoms with van der Waals surface area (Å²) in [5, 5.41) is 11.2. The van der Waals surface area contributed by atoms with Gasteiger partial charge >= 0.3 is 5.97 Å². The number of nitrogens with zero attached hydrogens (tertiary/aromatic N) is 1. The molecule has 0 aliphatic carbocycles. The minimum absolute atomic E-state index is 0.0350. The van der Waals surface area contributed by atoms with E-state index in [1.807, 2.05) is 0 Å². The number of carboxylic acid groups (broad SMARTS) is 1. The Labute approximate surface area is 91.5 Å². The summed E-state index contributed by atoms with van der Waals surface area (Å²) in [5.41, 5.74) is 0.655. The molecule has 0 bridgehead atoms. The number of thiol groups is 1. The SMILES string of the molecule is O=C(CS)N[C@@H](Cc1cnc[nH]1)C(=O)O. The molecule has 1 heterocycles. The second-order valence-corrected chi connectivity index (χ2v) is 3.21. The summed E-state index contributed by atoms with van der Waals surface area (Å²) in [6, 6.07) is -0.954. The van der Waals surface area contributed by atoms with E-state index in [4.69, 9.17) is 5.11 Å². The molecule has 0 aromatic carbocycles. The van der Waals surface area contributed by atoms with Gasteiger partial charge in [-0.15, -0.1) is 0 Å². The summed E-state index contributed by atoms with van der Waals surface area (Å²) >= 11 is 3.75. The Morgan fingerprint density at radius 1 is 1.67 bits per heavy atom. The van der Waals surface area contributed by atoms with E-state index in [1.54, 1.807) is 0 Å². The minimum Gasteiger partial charge on any atom is -0.480 e. The number of carbonyl (C=O) groups is 2. The zero-order chi connectivity index (χ0) is 11.3. The standard InChI is InChI=1S/C8H11N3O3S/c12-7(3-15)11-6(8(13)14)1-5-2-9-4-10-5/h2,4,6,15H,1,3H2,(H,9,10)(H,11,12)(H,13,14)/t6-/m0/s1. The molecule has 0 unspecified atom stereocenters. The third kappa shape index (κ3) is 3.62. The van der Waals surface area contributed by atoms with E-state index in [0.29, 0.717) is 5.69 Å². The van der Waals surface area contributed by atoms with Crippen LogP contribution in [0.3, 0.4) is 0 Å². The number of amides is 1. The number of H-pyrrole nitrogens is 1. The van der Waals surface area contributed by atoms with E-state index < -0.39 is 17.9 Å². The Hall–Kier alpha value is -1.50. The maximum atomic E-state index is 11.0. The quantitative estimate of drug-likeness (QED) is 0.509. The van der Waals surface area contributed by atoms with Gasteiger partial charge in [0.25, 0.3) is 0 Å². The van der Waals surface area contributed by atoms with Gasteiger partial charge in [-0.3, -0.25) is 4.79 Å². The van der Waals surface area contributed by atoms with Crippen LogP contribution in [0.15, 0.2) is 12.5 Å². The molecule has 6 nitrogen and oxygen atoms in total. The number of imidazole rings is 1. The van der Waals surface area contributed by atoms with Crippen molar-refractivity contribution in [3.05, 3.63) is 18.2 Å². The van der Waals surface area contributed by atoms with Gasteiger partial charge in [-0.05, 0) is 0 Å². The maximum absolute atomic E-state index is 11.0. The summed E-state index contributed by atoms with van der Waals surface area (Å²) in [4.78, 5) is 28.3. The molecule has 1 atom stereocenters. The minimum atomic E-state index is -1.08. The fourth-order valence-electron chi connectivity index (χ4n) is 1.06. The molecule has 0 spiro atoms. The van der Waals surface area contributed by atoms with Crippen molar-refractivity contribution in [2.24, 2.45) is 0 Å². The van der Waals surface area contributed by atoms with Gasteiger partial charge in [0.15, 0.2) is 0 Å². The van der Waals surface area contributed by atoms with Crippen LogP contribution in [-0.2, 0) is 16.0 Å². The van der Waals surface area contributed by atoms with Gasteiger partial charge in [-0.1, -0.05) is 0 Å². The van der Waals surface area contributed by atoms with Crippen molar-refractivity contribution in [1.82, 2.24) is 15.3 Å². The van der Waals surface area contributed by atoms with Crippen molar-refractivity contribution >= 4 is 24.5 Å². The highest BCUT2D eigenvalue weighted by atomic mass is 32.1. The van der Waals surface area contributed by atoms with Crippen molar-refractivity contribution in [3.63, 3.8) is 0 Å². The fraction of sp³-hybridized carbons (Fsp3) is 0.375. The third-order valence-electron chi connectivity index (χ3n) is 1.76. The van der Waals surface area contributed by atoms with Crippen LogP contribution in [0.4, 0.5) is 0 Å². The molecule has 0 saturated carbocycles. The molecule has 0 aliphatic heterocycles. The van der Waals surface area contributed by atoms with Gasteiger partial charge in [-0.2, -0.15) is 12.6 Å². The summed E-state index contributed by atoms with van der Waals surface area (Å²) in [6.45, 7) is 0. The van der Waals surface area contributed by atoms with Crippen LogP contribution in [0.1, 0.15) is 5.69 Å². The molecule has 82 valence electrons. The van der Waals surface area contributed by atoms with Gasteiger partial charge in [0.05, 0.1) is 12.1 Å². The van der Waals surface area contributed by atoms with E-state index in [-0.39, 0.29) is 12.2 Å². The van der Waals surface area contributed by atoms with Crippen LogP contribution in [-0.4, -0.2) is 38.7 Å². The first-order valence-electron chi connectivity index (χ1n) is 4.23. The van der Waals surface area contributed by atoms with Crippen LogP contribution in [0, 0.1) is 0 Å². The van der Waals surface area contributed by atoms with E-state index in [0.717, 1.165) is 0 Å². The second kappa shape index (κ2) is 5.40. The molecule has 15 heavy (non-hydrogen) atoms. The van der Waals surface area contributed by atoms with E-state index in [2.05, 4.69) is 27.9 Å². The number of rotatable bonds is 5. The molecule has 0 saturated heterocycles. The van der Waals surface area contributed by atoms with Crippen molar-refractivity contribution in [2.45, 2.75) is 12.5 Å². The molecule has 1 amide bonds. The molecule has 1 aromatic rings. The second-order valence-electron chi connectivity index (χ2n) is 2.90. The number of aliphatic carboxylic acids is 1. The van der Waals surface area contributed by atoms with Gasteiger partial charge in [0, 0.05) is 18.3 Å². The smallest absolute Gasteiger partial charge is 0.326 e. The first-order chi connectivity index (χ1) is 7.13. The summed E-state index contributed by atoms with van der Waals surface area (Å²) < 4.78 is 0. The number of carboxylic acids is 1. The number of aromatic nitrogens is 2. The lowest BCUT2D eigenvalue weighted by molar-refractivity contribution is -0.141. The molecule has 7 heteroatoms. The summed E-state index contributed by atoms with van der Waals surface area (Å²) in [7, 11) is 0.